The Morgan fingerprint density at radius 3 is 3.15 bits per heavy atom. The molecule has 0 amide bonds. The summed E-state index contributed by atoms with van der Waals surface area (Å²) in [4.78, 5) is 0.439. The molecule has 4 heteroatoms. The van der Waals surface area contributed by atoms with E-state index < -0.39 is 0 Å². The lowest BCUT2D eigenvalue weighted by Crippen LogP contribution is -2.14. The fourth-order valence-electron chi connectivity index (χ4n) is 1.72. The van der Waals surface area contributed by atoms with Gasteiger partial charge in [0.05, 0.1) is 13.2 Å². The molecule has 1 aliphatic rings. The van der Waals surface area contributed by atoms with Crippen molar-refractivity contribution in [2.45, 2.75) is 24.2 Å². The third kappa shape index (κ3) is 1.65. The fraction of sp³-hybridized carbons (Fsp3) is 0.667. The summed E-state index contributed by atoms with van der Waals surface area (Å²) >= 11 is 3.62. The Hall–Kier alpha value is -0.350. The highest BCUT2D eigenvalue weighted by molar-refractivity contribution is 9.09. The van der Waals surface area contributed by atoms with E-state index in [1.54, 1.807) is 0 Å². The van der Waals surface area contributed by atoms with Crippen molar-refractivity contribution < 1.29 is 4.74 Å². The topological polar surface area (TPSA) is 27.1 Å². The number of nitrogens with zero attached hydrogens (tertiary/aromatic N) is 2. The van der Waals surface area contributed by atoms with Crippen LogP contribution in [0.1, 0.15) is 18.5 Å². The molecule has 1 fully saturated rings. The second-order valence-corrected chi connectivity index (χ2v) is 4.41. The number of aryl methyl sites for hydroxylation is 1. The molecule has 0 aliphatic carbocycles. The molecule has 1 saturated heterocycles. The van der Waals surface area contributed by atoms with Crippen molar-refractivity contribution >= 4 is 15.9 Å². The van der Waals surface area contributed by atoms with E-state index in [1.807, 2.05) is 10.9 Å². The van der Waals surface area contributed by atoms with Gasteiger partial charge in [-0.05, 0) is 13.0 Å². The van der Waals surface area contributed by atoms with Crippen molar-refractivity contribution in [2.75, 3.05) is 13.2 Å². The van der Waals surface area contributed by atoms with E-state index in [9.17, 15) is 0 Å². The first-order valence-electron chi connectivity index (χ1n) is 4.56. The number of alkyl halides is 1. The van der Waals surface area contributed by atoms with Gasteiger partial charge in [0, 0.05) is 29.2 Å². The van der Waals surface area contributed by atoms with Gasteiger partial charge in [0.2, 0.25) is 0 Å². The molecule has 2 unspecified atom stereocenters. The van der Waals surface area contributed by atoms with Crippen molar-refractivity contribution in [3.8, 4) is 0 Å². The molecule has 1 aromatic heterocycles. The molecule has 0 aromatic carbocycles. The summed E-state index contributed by atoms with van der Waals surface area (Å²) in [5.74, 6) is 0.461. The van der Waals surface area contributed by atoms with Crippen molar-refractivity contribution in [3.05, 3.63) is 18.0 Å². The van der Waals surface area contributed by atoms with Crippen LogP contribution >= 0.6 is 15.9 Å². The van der Waals surface area contributed by atoms with Gasteiger partial charge in [0.15, 0.2) is 0 Å². The first-order chi connectivity index (χ1) is 6.33. The van der Waals surface area contributed by atoms with Crippen LogP contribution in [-0.4, -0.2) is 27.8 Å². The van der Waals surface area contributed by atoms with Crippen molar-refractivity contribution in [3.63, 3.8) is 0 Å². The average Bonchev–Trinajstić information content (AvgIpc) is 2.71. The highest BCUT2D eigenvalue weighted by Crippen LogP contribution is 2.30. The molecular weight excluding hydrogens is 232 g/mol. The van der Waals surface area contributed by atoms with Crippen molar-refractivity contribution in [2.24, 2.45) is 0 Å². The SMILES string of the molecule is CCn1nccc1C1COCC1Br. The Labute approximate surface area is 86.2 Å². The van der Waals surface area contributed by atoms with Crippen LogP contribution in [0.5, 0.6) is 0 Å². The van der Waals surface area contributed by atoms with Crippen LogP contribution in [0.4, 0.5) is 0 Å². The Balaban J connectivity index is 2.23. The van der Waals surface area contributed by atoms with Gasteiger partial charge in [0.25, 0.3) is 0 Å². The van der Waals surface area contributed by atoms with Crippen LogP contribution in [0.2, 0.25) is 0 Å². The number of rotatable bonds is 2. The lowest BCUT2D eigenvalue weighted by atomic mass is 10.1. The molecule has 2 atom stereocenters. The summed E-state index contributed by atoms with van der Waals surface area (Å²) in [7, 11) is 0. The number of hydrogen-bond acceptors (Lipinski definition) is 2. The van der Waals surface area contributed by atoms with Gasteiger partial charge in [0.1, 0.15) is 0 Å². The predicted molar refractivity (Wildman–Crippen MR) is 54.2 cm³/mol. The minimum Gasteiger partial charge on any atom is -0.380 e. The van der Waals surface area contributed by atoms with E-state index in [-0.39, 0.29) is 0 Å². The van der Waals surface area contributed by atoms with Crippen LogP contribution in [0.15, 0.2) is 12.3 Å². The zero-order valence-corrected chi connectivity index (χ0v) is 9.20. The van der Waals surface area contributed by atoms with Gasteiger partial charge in [-0.1, -0.05) is 15.9 Å². The summed E-state index contributed by atoms with van der Waals surface area (Å²) in [6.45, 7) is 4.65. The Kier molecular flexibility index (Phi) is 2.69. The summed E-state index contributed by atoms with van der Waals surface area (Å²) in [6.07, 6.45) is 1.86. The highest BCUT2D eigenvalue weighted by Gasteiger charge is 2.29. The molecule has 3 nitrogen and oxygen atoms in total. The first-order valence-corrected chi connectivity index (χ1v) is 5.48. The van der Waals surface area contributed by atoms with E-state index in [1.165, 1.54) is 5.69 Å². The second-order valence-electron chi connectivity index (χ2n) is 3.23. The molecule has 0 spiro atoms. The van der Waals surface area contributed by atoms with Crippen LogP contribution < -0.4 is 0 Å². The third-order valence-electron chi connectivity index (χ3n) is 2.44. The normalized spacial score (nSPS) is 28.2. The maximum atomic E-state index is 5.40. The minimum atomic E-state index is 0.439. The molecule has 0 radical (unpaired) electrons. The van der Waals surface area contributed by atoms with Gasteiger partial charge >= 0.3 is 0 Å². The van der Waals surface area contributed by atoms with E-state index in [0.29, 0.717) is 10.7 Å². The van der Waals surface area contributed by atoms with Crippen LogP contribution in [0.3, 0.4) is 0 Å². The number of hydrogen-bond donors (Lipinski definition) is 0. The highest BCUT2D eigenvalue weighted by atomic mass is 79.9. The van der Waals surface area contributed by atoms with Crippen LogP contribution in [0.25, 0.3) is 0 Å². The molecule has 13 heavy (non-hydrogen) atoms. The molecule has 2 rings (SSSR count). The second kappa shape index (κ2) is 3.80. The van der Waals surface area contributed by atoms with Crippen molar-refractivity contribution in [1.29, 1.82) is 0 Å². The standard InChI is InChI=1S/C9H13BrN2O/c1-2-12-9(3-4-11-12)7-5-13-6-8(7)10/h3-4,7-8H,2,5-6H2,1H3. The molecule has 0 saturated carbocycles. The molecular formula is C9H13BrN2O. The minimum absolute atomic E-state index is 0.439. The monoisotopic (exact) mass is 244 g/mol. The number of halogens is 1. The predicted octanol–water partition coefficient (Wildman–Crippen LogP) is 1.78. The van der Waals surface area contributed by atoms with Gasteiger partial charge in [-0.3, -0.25) is 4.68 Å². The Morgan fingerprint density at radius 2 is 2.54 bits per heavy atom. The zero-order chi connectivity index (χ0) is 9.26. The van der Waals surface area contributed by atoms with E-state index >= 15 is 0 Å². The van der Waals surface area contributed by atoms with E-state index in [4.69, 9.17) is 4.74 Å². The number of ether oxygens (including phenoxy) is 1. The van der Waals surface area contributed by atoms with Gasteiger partial charge in [-0.25, -0.2) is 0 Å². The van der Waals surface area contributed by atoms with Crippen molar-refractivity contribution in [1.82, 2.24) is 9.78 Å². The van der Waals surface area contributed by atoms with Gasteiger partial charge in [-0.2, -0.15) is 5.10 Å². The Morgan fingerprint density at radius 1 is 1.69 bits per heavy atom. The first kappa shape index (κ1) is 9.21. The van der Waals surface area contributed by atoms with Gasteiger partial charge in [-0.15, -0.1) is 0 Å². The fourth-order valence-corrected chi connectivity index (χ4v) is 2.33. The lowest BCUT2D eigenvalue weighted by molar-refractivity contribution is 0.194. The molecule has 1 aromatic rings. The quantitative estimate of drug-likeness (QED) is 0.742. The summed E-state index contributed by atoms with van der Waals surface area (Å²) < 4.78 is 7.44. The molecule has 0 bridgehead atoms. The number of aromatic nitrogens is 2. The van der Waals surface area contributed by atoms with E-state index in [0.717, 1.165) is 19.8 Å². The summed E-state index contributed by atoms with van der Waals surface area (Å²) in [6, 6.07) is 2.08. The van der Waals surface area contributed by atoms with E-state index in [2.05, 4.69) is 34.0 Å². The largest absolute Gasteiger partial charge is 0.380 e. The lowest BCUT2D eigenvalue weighted by Gasteiger charge is -2.13. The average molecular weight is 245 g/mol. The van der Waals surface area contributed by atoms with Gasteiger partial charge < -0.3 is 4.74 Å². The van der Waals surface area contributed by atoms with Crippen LogP contribution in [0, 0.1) is 0 Å². The Bertz CT molecular complexity index is 287. The third-order valence-corrected chi connectivity index (χ3v) is 3.34. The maximum absolute atomic E-state index is 5.40. The zero-order valence-electron chi connectivity index (χ0n) is 7.61. The van der Waals surface area contributed by atoms with Crippen LogP contribution in [-0.2, 0) is 11.3 Å². The maximum Gasteiger partial charge on any atom is 0.0599 e. The molecule has 2 heterocycles. The smallest absolute Gasteiger partial charge is 0.0599 e. The molecule has 72 valence electrons. The molecule has 1 aliphatic heterocycles. The molecule has 0 N–H and O–H groups in total. The summed E-state index contributed by atoms with van der Waals surface area (Å²) in [5.41, 5.74) is 1.28. The summed E-state index contributed by atoms with van der Waals surface area (Å²) in [5, 5.41) is 4.25.